The van der Waals surface area contributed by atoms with E-state index in [0.717, 1.165) is 31.8 Å². The Morgan fingerprint density at radius 3 is 2.47 bits per heavy atom. The van der Waals surface area contributed by atoms with Crippen LogP contribution in [0, 0.1) is 40.4 Å². The molecule has 38 heavy (non-hydrogen) atoms. The molecule has 0 heterocycles. The van der Waals surface area contributed by atoms with Gasteiger partial charge in [0, 0.05) is 22.7 Å². The normalized spacial score (nSPS) is 52.6. The van der Waals surface area contributed by atoms with Crippen LogP contribution >= 0.6 is 0 Å². The van der Waals surface area contributed by atoms with Crippen LogP contribution in [-0.2, 0) is 19.1 Å². The third-order valence-corrected chi connectivity index (χ3v) is 11.7. The van der Waals surface area contributed by atoms with Crippen LogP contribution in [0.25, 0.3) is 0 Å². The number of alkyl halides is 2. The molecule has 12 atom stereocenters. The molecule has 0 saturated heterocycles. The number of carbonyl (C=O) groups is 3. The minimum absolute atomic E-state index is 0.00707. The molecule has 7 nitrogen and oxygen atoms in total. The molecule has 5 fully saturated rings. The van der Waals surface area contributed by atoms with E-state index in [4.69, 9.17) is 9.47 Å². The zero-order valence-electron chi connectivity index (χ0n) is 22.0. The summed E-state index contributed by atoms with van der Waals surface area (Å²) in [5.74, 6) is -3.53. The van der Waals surface area contributed by atoms with Gasteiger partial charge in [-0.1, -0.05) is 19.9 Å². The molecule has 0 radical (unpaired) electrons. The van der Waals surface area contributed by atoms with Gasteiger partial charge in [0.1, 0.15) is 12.3 Å². The fourth-order valence-electron chi connectivity index (χ4n) is 9.85. The maximum atomic E-state index is 17.3. The molecule has 4 unspecified atom stereocenters. The second kappa shape index (κ2) is 8.12. The van der Waals surface area contributed by atoms with Gasteiger partial charge < -0.3 is 19.7 Å². The summed E-state index contributed by atoms with van der Waals surface area (Å²) in [6.07, 6.45) is 2.39. The summed E-state index contributed by atoms with van der Waals surface area (Å²) in [5, 5.41) is 22.0. The molecule has 6 aliphatic carbocycles. The molecule has 208 valence electrons. The van der Waals surface area contributed by atoms with Crippen LogP contribution in [0.4, 0.5) is 13.6 Å². The van der Waals surface area contributed by atoms with Crippen LogP contribution in [-0.4, -0.2) is 57.8 Å². The van der Waals surface area contributed by atoms with Gasteiger partial charge in [0.2, 0.25) is 5.60 Å². The molecule has 0 aromatic rings. The predicted octanol–water partition coefficient (Wildman–Crippen LogP) is 4.72. The van der Waals surface area contributed by atoms with Crippen LogP contribution in [0.5, 0.6) is 0 Å². The van der Waals surface area contributed by atoms with Crippen molar-refractivity contribution in [2.24, 2.45) is 40.4 Å². The highest BCUT2D eigenvalue weighted by Gasteiger charge is 2.78. The SMILES string of the molecule is C[C@@H]1C[C@H]2[C@@H]3C[C@H](F)C4=CC(=O)C=C[C@]4(C)C3(F)[C@@H](O)C[C@]2(C)[C@]1(OC(=O)OC1CC2CCC1C2)C(=O)O. The first-order valence-electron chi connectivity index (χ1n) is 13.9. The first-order chi connectivity index (χ1) is 17.8. The number of carboxylic acids is 1. The maximum Gasteiger partial charge on any atom is 0.509 e. The monoisotopic (exact) mass is 534 g/mol. The molecule has 2 N–H and O–H groups in total. The van der Waals surface area contributed by atoms with E-state index < -0.39 is 70.0 Å². The van der Waals surface area contributed by atoms with Gasteiger partial charge >= 0.3 is 12.1 Å². The minimum Gasteiger partial charge on any atom is -0.478 e. The number of ketones is 1. The molecular formula is C29H36F2O7. The third-order valence-electron chi connectivity index (χ3n) is 11.7. The van der Waals surface area contributed by atoms with E-state index in [-0.39, 0.29) is 36.9 Å². The Morgan fingerprint density at radius 1 is 1.11 bits per heavy atom. The average molecular weight is 535 g/mol. The van der Waals surface area contributed by atoms with Gasteiger partial charge in [-0.2, -0.15) is 0 Å². The Hall–Kier alpha value is -2.29. The number of allylic oxidation sites excluding steroid dienone is 4. The molecule has 2 bridgehead atoms. The first-order valence-corrected chi connectivity index (χ1v) is 13.9. The lowest BCUT2D eigenvalue weighted by Gasteiger charge is -2.62. The summed E-state index contributed by atoms with van der Waals surface area (Å²) < 4.78 is 44.4. The van der Waals surface area contributed by atoms with E-state index in [1.54, 1.807) is 13.8 Å². The van der Waals surface area contributed by atoms with Crippen LogP contribution in [0.3, 0.4) is 0 Å². The van der Waals surface area contributed by atoms with Crippen molar-refractivity contribution in [2.75, 3.05) is 0 Å². The molecular weight excluding hydrogens is 498 g/mol. The number of aliphatic hydroxyl groups excluding tert-OH is 1. The number of rotatable bonds is 3. The molecule has 6 aliphatic rings. The van der Waals surface area contributed by atoms with Crippen molar-refractivity contribution in [3.05, 3.63) is 23.8 Å². The van der Waals surface area contributed by atoms with Gasteiger partial charge in [-0.05, 0) is 87.3 Å². The average Bonchev–Trinajstić information content (AvgIpc) is 3.51. The largest absolute Gasteiger partial charge is 0.509 e. The summed E-state index contributed by atoms with van der Waals surface area (Å²) in [5.41, 5.74) is -7.34. The molecule has 0 aliphatic heterocycles. The number of ether oxygens (including phenoxy) is 2. The quantitative estimate of drug-likeness (QED) is 0.505. The van der Waals surface area contributed by atoms with Crippen LogP contribution in [0.2, 0.25) is 0 Å². The Kier molecular flexibility index (Phi) is 5.54. The zero-order valence-corrected chi connectivity index (χ0v) is 22.0. The summed E-state index contributed by atoms with van der Waals surface area (Å²) in [4.78, 5) is 38.1. The van der Waals surface area contributed by atoms with Crippen molar-refractivity contribution in [3.8, 4) is 0 Å². The van der Waals surface area contributed by atoms with Crippen LogP contribution in [0.1, 0.15) is 65.7 Å². The fraction of sp³-hybridized carbons (Fsp3) is 0.759. The highest BCUT2D eigenvalue weighted by molar-refractivity contribution is 6.01. The van der Waals surface area contributed by atoms with E-state index in [9.17, 15) is 24.6 Å². The smallest absolute Gasteiger partial charge is 0.478 e. The van der Waals surface area contributed by atoms with Crippen molar-refractivity contribution >= 4 is 17.9 Å². The topological polar surface area (TPSA) is 110 Å². The second-order valence-electron chi connectivity index (χ2n) is 13.2. The minimum atomic E-state index is -2.33. The van der Waals surface area contributed by atoms with Crippen LogP contribution in [0.15, 0.2) is 23.8 Å². The summed E-state index contributed by atoms with van der Waals surface area (Å²) in [7, 11) is 0. The third kappa shape index (κ3) is 3.05. The number of aliphatic hydroxyl groups is 1. The molecule has 0 aromatic heterocycles. The Balaban J connectivity index is 1.36. The molecule has 9 heteroatoms. The van der Waals surface area contributed by atoms with E-state index in [1.165, 1.54) is 19.1 Å². The van der Waals surface area contributed by atoms with E-state index >= 15 is 8.78 Å². The van der Waals surface area contributed by atoms with E-state index in [1.807, 2.05) is 0 Å². The van der Waals surface area contributed by atoms with E-state index in [0.29, 0.717) is 5.92 Å². The first kappa shape index (κ1) is 26.0. The number of aliphatic carboxylic acids is 1. The van der Waals surface area contributed by atoms with Gasteiger partial charge in [-0.25, -0.2) is 18.4 Å². The van der Waals surface area contributed by atoms with Crippen molar-refractivity contribution in [2.45, 2.75) is 95.4 Å². The molecule has 0 aromatic carbocycles. The summed E-state index contributed by atoms with van der Waals surface area (Å²) in [6, 6.07) is 0. The Bertz CT molecular complexity index is 1150. The number of hydrogen-bond acceptors (Lipinski definition) is 6. The van der Waals surface area contributed by atoms with Gasteiger partial charge in [0.25, 0.3) is 0 Å². The van der Waals surface area contributed by atoms with Gasteiger partial charge in [0.05, 0.1) is 6.10 Å². The molecule has 0 amide bonds. The van der Waals surface area contributed by atoms with Gasteiger partial charge in [-0.3, -0.25) is 4.79 Å². The van der Waals surface area contributed by atoms with E-state index in [2.05, 4.69) is 0 Å². The summed E-state index contributed by atoms with van der Waals surface area (Å²) >= 11 is 0. The maximum absolute atomic E-state index is 17.3. The number of carboxylic acid groups (broad SMARTS) is 1. The van der Waals surface area contributed by atoms with Crippen molar-refractivity contribution in [1.29, 1.82) is 0 Å². The molecule has 0 spiro atoms. The standard InChI is InChI=1S/C29H36F2O7/c1-14-8-18-19-12-21(30)20-11-17(32)6-7-26(20,2)28(19,31)23(33)13-27(18,3)29(14,24(34)35)38-25(36)37-22-10-15-4-5-16(22)9-15/h6-7,11,14-16,18-19,21-23,33H,4-5,8-10,12-13H2,1-3H3,(H,34,35)/t14-,15?,16?,18+,19+,21+,22?,23+,26+,27+,28?,29-/m1/s1. The predicted molar refractivity (Wildman–Crippen MR) is 130 cm³/mol. The van der Waals surface area contributed by atoms with Gasteiger partial charge in [-0.15, -0.1) is 0 Å². The summed E-state index contributed by atoms with van der Waals surface area (Å²) in [6.45, 7) is 4.76. The lowest BCUT2D eigenvalue weighted by molar-refractivity contribution is -0.232. The van der Waals surface area contributed by atoms with Crippen LogP contribution < -0.4 is 0 Å². The lowest BCUT2D eigenvalue weighted by Crippen LogP contribution is -2.71. The Labute approximate surface area is 220 Å². The number of halogens is 2. The number of carbonyl (C=O) groups excluding carboxylic acids is 2. The van der Waals surface area contributed by atoms with Gasteiger partial charge in [0.15, 0.2) is 11.5 Å². The molecule has 5 saturated carbocycles. The number of hydrogen-bond donors (Lipinski definition) is 2. The fourth-order valence-corrected chi connectivity index (χ4v) is 9.85. The van der Waals surface area contributed by atoms with Crippen molar-refractivity contribution in [3.63, 3.8) is 0 Å². The second-order valence-corrected chi connectivity index (χ2v) is 13.2. The number of fused-ring (bicyclic) bond motifs is 7. The molecule has 6 rings (SSSR count). The van der Waals surface area contributed by atoms with Crippen molar-refractivity contribution in [1.82, 2.24) is 0 Å². The lowest BCUT2D eigenvalue weighted by atomic mass is 9.44. The zero-order chi connectivity index (χ0) is 27.4. The van der Waals surface area contributed by atoms with Crippen molar-refractivity contribution < 1.29 is 42.9 Å². The highest BCUT2D eigenvalue weighted by Crippen LogP contribution is 2.71. The highest BCUT2D eigenvalue weighted by atomic mass is 19.1. The Morgan fingerprint density at radius 2 is 1.84 bits per heavy atom.